The summed E-state index contributed by atoms with van der Waals surface area (Å²) < 4.78 is 5.19. The lowest BCUT2D eigenvalue weighted by Crippen LogP contribution is -2.40. The van der Waals surface area contributed by atoms with Crippen LogP contribution in [0.3, 0.4) is 0 Å². The standard InChI is InChI=1S/C14H19N3O4/c1-14(12(18)19)4-6-17(9-14)13(20)16-8-10-7-15-5-3-11(10)21-2/h3,5,7H,4,6,8-9H2,1-2H3,(H,16,20)(H,18,19). The maximum Gasteiger partial charge on any atom is 0.317 e. The SMILES string of the molecule is COc1ccncc1CNC(=O)N1CCC(C)(C(=O)O)C1. The minimum Gasteiger partial charge on any atom is -0.496 e. The van der Waals surface area contributed by atoms with Crippen LogP contribution in [-0.4, -0.2) is 47.2 Å². The molecule has 114 valence electrons. The first-order valence-electron chi connectivity index (χ1n) is 6.69. The van der Waals surface area contributed by atoms with Gasteiger partial charge >= 0.3 is 12.0 Å². The fourth-order valence-corrected chi connectivity index (χ4v) is 2.34. The molecule has 1 aromatic rings. The highest BCUT2D eigenvalue weighted by molar-refractivity contribution is 5.79. The van der Waals surface area contributed by atoms with Crippen molar-refractivity contribution in [2.24, 2.45) is 5.41 Å². The van der Waals surface area contributed by atoms with Gasteiger partial charge in [0, 0.05) is 37.6 Å². The number of carbonyl (C=O) groups is 2. The van der Waals surface area contributed by atoms with Crippen LogP contribution in [0, 0.1) is 5.41 Å². The van der Waals surface area contributed by atoms with E-state index in [4.69, 9.17) is 9.84 Å². The van der Waals surface area contributed by atoms with E-state index in [0.29, 0.717) is 18.7 Å². The summed E-state index contributed by atoms with van der Waals surface area (Å²) in [7, 11) is 1.55. The van der Waals surface area contributed by atoms with E-state index in [1.165, 1.54) is 4.90 Å². The molecular formula is C14H19N3O4. The number of hydrogen-bond acceptors (Lipinski definition) is 4. The highest BCUT2D eigenvalue weighted by Crippen LogP contribution is 2.30. The zero-order valence-electron chi connectivity index (χ0n) is 12.1. The van der Waals surface area contributed by atoms with Crippen LogP contribution >= 0.6 is 0 Å². The number of hydrogen-bond donors (Lipinski definition) is 2. The van der Waals surface area contributed by atoms with Gasteiger partial charge in [-0.3, -0.25) is 9.78 Å². The average molecular weight is 293 g/mol. The fraction of sp³-hybridized carbons (Fsp3) is 0.500. The third kappa shape index (κ3) is 3.24. The Morgan fingerprint density at radius 2 is 2.33 bits per heavy atom. The quantitative estimate of drug-likeness (QED) is 0.867. The lowest BCUT2D eigenvalue weighted by Gasteiger charge is -2.20. The van der Waals surface area contributed by atoms with Crippen LogP contribution in [0.2, 0.25) is 0 Å². The second-order valence-corrected chi connectivity index (χ2v) is 5.38. The number of nitrogens with zero attached hydrogens (tertiary/aromatic N) is 2. The summed E-state index contributed by atoms with van der Waals surface area (Å²) in [5, 5.41) is 11.9. The van der Waals surface area contributed by atoms with Gasteiger partial charge in [-0.05, 0) is 19.4 Å². The first-order valence-corrected chi connectivity index (χ1v) is 6.69. The first-order chi connectivity index (χ1) is 9.96. The van der Waals surface area contributed by atoms with Crippen LogP contribution in [-0.2, 0) is 11.3 Å². The lowest BCUT2D eigenvalue weighted by molar-refractivity contribution is -0.146. The number of carbonyl (C=O) groups excluding carboxylic acids is 1. The van der Waals surface area contributed by atoms with E-state index in [1.807, 2.05) is 0 Å². The predicted octanol–water partition coefficient (Wildman–Crippen LogP) is 1.10. The molecule has 2 heterocycles. The second kappa shape index (κ2) is 5.99. The van der Waals surface area contributed by atoms with Crippen LogP contribution in [0.1, 0.15) is 18.9 Å². The van der Waals surface area contributed by atoms with Gasteiger partial charge in [-0.25, -0.2) is 4.79 Å². The summed E-state index contributed by atoms with van der Waals surface area (Å²) >= 11 is 0. The molecular weight excluding hydrogens is 274 g/mol. The molecule has 0 aromatic carbocycles. The maximum absolute atomic E-state index is 12.1. The number of rotatable bonds is 4. The molecule has 1 unspecified atom stereocenters. The molecule has 1 aromatic heterocycles. The van der Waals surface area contributed by atoms with Crippen LogP contribution in [0.25, 0.3) is 0 Å². The van der Waals surface area contributed by atoms with E-state index in [0.717, 1.165) is 5.56 Å². The topological polar surface area (TPSA) is 91.8 Å². The van der Waals surface area contributed by atoms with Crippen molar-refractivity contribution in [3.05, 3.63) is 24.0 Å². The molecule has 21 heavy (non-hydrogen) atoms. The zero-order chi connectivity index (χ0) is 15.5. The molecule has 0 aliphatic carbocycles. The molecule has 1 aliphatic rings. The third-order valence-corrected chi connectivity index (χ3v) is 3.79. The van der Waals surface area contributed by atoms with Gasteiger partial charge in [0.15, 0.2) is 0 Å². The normalized spacial score (nSPS) is 21.1. The Kier molecular flexibility index (Phi) is 4.30. The zero-order valence-corrected chi connectivity index (χ0v) is 12.1. The Morgan fingerprint density at radius 3 is 2.95 bits per heavy atom. The van der Waals surface area contributed by atoms with Gasteiger partial charge < -0.3 is 20.1 Å². The predicted molar refractivity (Wildman–Crippen MR) is 75.0 cm³/mol. The Morgan fingerprint density at radius 1 is 1.57 bits per heavy atom. The monoisotopic (exact) mass is 293 g/mol. The third-order valence-electron chi connectivity index (χ3n) is 3.79. The molecule has 1 aliphatic heterocycles. The maximum atomic E-state index is 12.1. The number of likely N-dealkylation sites (tertiary alicyclic amines) is 1. The number of carboxylic acid groups (broad SMARTS) is 1. The van der Waals surface area contributed by atoms with Gasteiger partial charge in [-0.15, -0.1) is 0 Å². The second-order valence-electron chi connectivity index (χ2n) is 5.38. The van der Waals surface area contributed by atoms with Gasteiger partial charge in [0.2, 0.25) is 0 Å². The van der Waals surface area contributed by atoms with Crippen molar-refractivity contribution in [3.8, 4) is 5.75 Å². The van der Waals surface area contributed by atoms with E-state index in [2.05, 4.69) is 10.3 Å². The number of ether oxygens (including phenoxy) is 1. The Labute approximate surface area is 122 Å². The molecule has 0 radical (unpaired) electrons. The summed E-state index contributed by atoms with van der Waals surface area (Å²) in [6.07, 6.45) is 3.71. The van der Waals surface area contributed by atoms with Crippen molar-refractivity contribution < 1.29 is 19.4 Å². The van der Waals surface area contributed by atoms with E-state index in [9.17, 15) is 9.59 Å². The number of aromatic nitrogens is 1. The number of aliphatic carboxylic acids is 1. The van der Waals surface area contributed by atoms with E-state index < -0.39 is 11.4 Å². The first kappa shape index (κ1) is 15.1. The lowest BCUT2D eigenvalue weighted by atomic mass is 9.90. The molecule has 7 heteroatoms. The highest BCUT2D eigenvalue weighted by atomic mass is 16.5. The van der Waals surface area contributed by atoms with Gasteiger partial charge in [0.05, 0.1) is 12.5 Å². The van der Waals surface area contributed by atoms with Crippen molar-refractivity contribution in [1.29, 1.82) is 0 Å². The van der Waals surface area contributed by atoms with Crippen molar-refractivity contribution >= 4 is 12.0 Å². The Balaban J connectivity index is 1.93. The molecule has 2 rings (SSSR count). The molecule has 2 N–H and O–H groups in total. The average Bonchev–Trinajstić information content (AvgIpc) is 2.89. The van der Waals surface area contributed by atoms with Gasteiger partial charge in [-0.1, -0.05) is 0 Å². The van der Waals surface area contributed by atoms with Gasteiger partial charge in [-0.2, -0.15) is 0 Å². The Bertz CT molecular complexity index is 549. The molecule has 1 fully saturated rings. The van der Waals surface area contributed by atoms with Crippen molar-refractivity contribution in [2.75, 3.05) is 20.2 Å². The van der Waals surface area contributed by atoms with Crippen LogP contribution in [0.4, 0.5) is 4.79 Å². The molecule has 0 saturated carbocycles. The van der Waals surface area contributed by atoms with E-state index in [-0.39, 0.29) is 19.1 Å². The minimum absolute atomic E-state index is 0.221. The molecule has 1 saturated heterocycles. The molecule has 0 spiro atoms. The summed E-state index contributed by atoms with van der Waals surface area (Å²) in [4.78, 5) is 28.8. The molecule has 2 amide bonds. The van der Waals surface area contributed by atoms with Crippen molar-refractivity contribution in [2.45, 2.75) is 19.9 Å². The number of pyridine rings is 1. The van der Waals surface area contributed by atoms with Crippen molar-refractivity contribution in [1.82, 2.24) is 15.2 Å². The van der Waals surface area contributed by atoms with Crippen LogP contribution in [0.5, 0.6) is 5.75 Å². The van der Waals surface area contributed by atoms with Gasteiger partial charge in [0.1, 0.15) is 5.75 Å². The van der Waals surface area contributed by atoms with Crippen LogP contribution < -0.4 is 10.1 Å². The molecule has 0 bridgehead atoms. The highest BCUT2D eigenvalue weighted by Gasteiger charge is 2.42. The fourth-order valence-electron chi connectivity index (χ4n) is 2.34. The minimum atomic E-state index is -0.869. The number of carboxylic acids is 1. The number of nitrogens with one attached hydrogen (secondary N) is 1. The summed E-state index contributed by atoms with van der Waals surface area (Å²) in [6, 6.07) is 1.45. The molecule has 7 nitrogen and oxygen atoms in total. The smallest absolute Gasteiger partial charge is 0.317 e. The van der Waals surface area contributed by atoms with Gasteiger partial charge in [0.25, 0.3) is 0 Å². The van der Waals surface area contributed by atoms with E-state index >= 15 is 0 Å². The summed E-state index contributed by atoms with van der Waals surface area (Å²) in [5.41, 5.74) is -0.0860. The van der Waals surface area contributed by atoms with Crippen molar-refractivity contribution in [3.63, 3.8) is 0 Å². The summed E-state index contributed by atoms with van der Waals surface area (Å²) in [6.45, 7) is 2.61. The summed E-state index contributed by atoms with van der Waals surface area (Å²) in [5.74, 6) is -0.214. The number of urea groups is 1. The largest absolute Gasteiger partial charge is 0.496 e. The number of amides is 2. The van der Waals surface area contributed by atoms with E-state index in [1.54, 1.807) is 32.5 Å². The Hall–Kier alpha value is -2.31. The molecule has 1 atom stereocenters. The van der Waals surface area contributed by atoms with Crippen LogP contribution in [0.15, 0.2) is 18.5 Å². The number of methoxy groups -OCH3 is 1.